The second kappa shape index (κ2) is 13.9. The second-order valence-corrected chi connectivity index (χ2v) is 10.2. The topological polar surface area (TPSA) is 102 Å². The predicted molar refractivity (Wildman–Crippen MR) is 144 cm³/mol. The number of hydrogen-bond donors (Lipinski definition) is 0. The van der Waals surface area contributed by atoms with Gasteiger partial charge >= 0.3 is 11.9 Å². The van der Waals surface area contributed by atoms with Crippen molar-refractivity contribution in [2.24, 2.45) is 17.8 Å². The molecule has 1 aliphatic heterocycles. The average molecular weight is 590 g/mol. The fraction of sp³-hybridized carbons (Fsp3) is 0.467. The first-order valence-corrected chi connectivity index (χ1v) is 13.8. The maximum absolute atomic E-state index is 13.9. The lowest BCUT2D eigenvalue weighted by Crippen LogP contribution is -2.54. The molecule has 3 aromatic rings. The van der Waals surface area contributed by atoms with E-state index in [1.165, 1.54) is 10.9 Å². The maximum Gasteiger partial charge on any atom is 0.323 e. The normalized spacial score (nSPS) is 22.2. The van der Waals surface area contributed by atoms with Crippen LogP contribution in [0, 0.1) is 35.2 Å². The molecule has 0 spiro atoms. The number of esters is 2. The first-order chi connectivity index (χ1) is 20.2. The highest BCUT2D eigenvalue weighted by atomic mass is 19.2. The van der Waals surface area contributed by atoms with Crippen molar-refractivity contribution in [3.05, 3.63) is 71.7 Å². The molecule has 1 fully saturated rings. The number of halogens is 3. The third kappa shape index (κ3) is 6.81. The van der Waals surface area contributed by atoms with Crippen LogP contribution < -0.4 is 0 Å². The molecular weight excluding hydrogens is 555 g/mol. The van der Waals surface area contributed by atoms with Gasteiger partial charge in [-0.1, -0.05) is 49.4 Å². The van der Waals surface area contributed by atoms with Crippen molar-refractivity contribution in [3.8, 4) is 11.3 Å². The molecule has 1 aromatic heterocycles. The van der Waals surface area contributed by atoms with Crippen LogP contribution in [0.4, 0.5) is 13.2 Å². The Kier molecular flexibility index (Phi) is 10.3. The number of rotatable bonds is 11. The lowest BCUT2D eigenvalue weighted by Gasteiger charge is -2.46. The molecule has 2 heterocycles. The summed E-state index contributed by atoms with van der Waals surface area (Å²) in [6.07, 6.45) is -0.0970. The van der Waals surface area contributed by atoms with Crippen LogP contribution in [0.15, 0.2) is 48.7 Å². The van der Waals surface area contributed by atoms with Gasteiger partial charge in [0.05, 0.1) is 50.9 Å². The van der Waals surface area contributed by atoms with E-state index < -0.39 is 59.5 Å². The fourth-order valence-electron chi connectivity index (χ4n) is 5.35. The van der Waals surface area contributed by atoms with Crippen LogP contribution in [-0.2, 0) is 35.1 Å². The minimum atomic E-state index is -1.58. The van der Waals surface area contributed by atoms with Gasteiger partial charge in [-0.2, -0.15) is 0 Å². The van der Waals surface area contributed by atoms with Crippen LogP contribution in [0.3, 0.4) is 0 Å². The van der Waals surface area contributed by atoms with E-state index in [1.54, 1.807) is 20.8 Å². The first kappa shape index (κ1) is 31.2. The van der Waals surface area contributed by atoms with Crippen LogP contribution in [0.5, 0.6) is 0 Å². The van der Waals surface area contributed by atoms with Gasteiger partial charge in [0.1, 0.15) is 5.69 Å². The summed E-state index contributed by atoms with van der Waals surface area (Å²) in [4.78, 5) is 26.1. The van der Waals surface area contributed by atoms with Crippen molar-refractivity contribution in [3.63, 3.8) is 0 Å². The summed E-state index contributed by atoms with van der Waals surface area (Å²) in [5.41, 5.74) is 1.07. The summed E-state index contributed by atoms with van der Waals surface area (Å²) >= 11 is 0. The van der Waals surface area contributed by atoms with Gasteiger partial charge in [0.25, 0.3) is 0 Å². The molecule has 9 nitrogen and oxygen atoms in total. The molecule has 1 aliphatic rings. The van der Waals surface area contributed by atoms with Crippen LogP contribution in [-0.4, -0.2) is 59.0 Å². The van der Waals surface area contributed by atoms with Gasteiger partial charge in [0.2, 0.25) is 0 Å². The molecule has 1 saturated heterocycles. The molecule has 226 valence electrons. The summed E-state index contributed by atoms with van der Waals surface area (Å²) in [7, 11) is 0. The van der Waals surface area contributed by atoms with Gasteiger partial charge in [-0.3, -0.25) is 9.59 Å². The van der Waals surface area contributed by atoms with Gasteiger partial charge < -0.3 is 18.9 Å². The average Bonchev–Trinajstić information content (AvgIpc) is 3.44. The third-order valence-corrected chi connectivity index (χ3v) is 7.41. The number of nitrogens with zero attached hydrogens (tertiary/aromatic N) is 3. The number of carbonyl (C=O) groups is 2. The zero-order chi connectivity index (χ0) is 30.4. The molecule has 5 atom stereocenters. The molecule has 2 unspecified atom stereocenters. The number of ether oxygens (including phenoxy) is 4. The monoisotopic (exact) mass is 589 g/mol. The molecule has 0 bridgehead atoms. The standard InChI is InChI=1S/C30H34F3N3O6/c1-5-40-29(37)25(30(38)41-6-2)28-18(4)27(17(3)24(42-28)16-39-15-19-10-8-7-9-11-19)36-14-23(34-35-36)20-12-21(31)26(33)22(32)13-20/h7-14,17-18,24-25,27-28H,5-6,15-16H2,1-4H3/t17-,18?,24?,27-,28+/m0/s1. The van der Waals surface area contributed by atoms with Crippen molar-refractivity contribution in [1.29, 1.82) is 0 Å². The summed E-state index contributed by atoms with van der Waals surface area (Å²) in [5, 5.41) is 8.29. The zero-order valence-corrected chi connectivity index (χ0v) is 23.8. The lowest BCUT2D eigenvalue weighted by molar-refractivity contribution is -0.198. The van der Waals surface area contributed by atoms with Crippen LogP contribution in [0.1, 0.15) is 39.3 Å². The molecule has 4 rings (SSSR count). The van der Waals surface area contributed by atoms with E-state index in [0.717, 1.165) is 17.7 Å². The molecule has 2 aromatic carbocycles. The molecular formula is C30H34F3N3O6. The zero-order valence-electron chi connectivity index (χ0n) is 23.8. The van der Waals surface area contributed by atoms with Gasteiger partial charge in [0.15, 0.2) is 23.4 Å². The van der Waals surface area contributed by atoms with E-state index in [-0.39, 0.29) is 37.0 Å². The van der Waals surface area contributed by atoms with E-state index in [0.29, 0.717) is 6.61 Å². The van der Waals surface area contributed by atoms with Crippen LogP contribution >= 0.6 is 0 Å². The van der Waals surface area contributed by atoms with Gasteiger partial charge in [-0.25, -0.2) is 17.9 Å². The SMILES string of the molecule is CCOC(=O)C(C(=O)OCC)[C@@H]1OC(COCc2ccccc2)[C@H](C)[C@H](n2cc(-c3cc(F)c(F)c(F)c3)nn2)C1C. The Morgan fingerprint density at radius 3 is 2.19 bits per heavy atom. The van der Waals surface area contributed by atoms with E-state index >= 15 is 0 Å². The third-order valence-electron chi connectivity index (χ3n) is 7.41. The minimum absolute atomic E-state index is 0.000216. The van der Waals surface area contributed by atoms with Gasteiger partial charge in [0, 0.05) is 17.4 Å². The number of hydrogen-bond acceptors (Lipinski definition) is 8. The summed E-state index contributed by atoms with van der Waals surface area (Å²) in [6.45, 7) is 7.53. The predicted octanol–water partition coefficient (Wildman–Crippen LogP) is 4.90. The molecule has 12 heteroatoms. The van der Waals surface area contributed by atoms with E-state index in [2.05, 4.69) is 10.3 Å². The highest BCUT2D eigenvalue weighted by Crippen LogP contribution is 2.42. The first-order valence-electron chi connectivity index (χ1n) is 13.8. The highest BCUT2D eigenvalue weighted by molar-refractivity contribution is 5.95. The highest BCUT2D eigenvalue weighted by Gasteiger charge is 2.51. The van der Waals surface area contributed by atoms with E-state index in [9.17, 15) is 22.8 Å². The van der Waals surface area contributed by atoms with Crippen LogP contribution in [0.25, 0.3) is 11.3 Å². The Morgan fingerprint density at radius 2 is 1.60 bits per heavy atom. The summed E-state index contributed by atoms with van der Waals surface area (Å²) in [5.74, 6) is -8.01. The minimum Gasteiger partial charge on any atom is -0.465 e. The summed E-state index contributed by atoms with van der Waals surface area (Å²) < 4.78 is 65.8. The largest absolute Gasteiger partial charge is 0.465 e. The molecule has 0 N–H and O–H groups in total. The molecule has 42 heavy (non-hydrogen) atoms. The van der Waals surface area contributed by atoms with Crippen molar-refractivity contribution < 1.29 is 41.7 Å². The van der Waals surface area contributed by atoms with E-state index in [4.69, 9.17) is 18.9 Å². The lowest BCUT2D eigenvalue weighted by atomic mass is 9.76. The number of aromatic nitrogens is 3. The molecule has 0 saturated carbocycles. The Hall–Kier alpha value is -3.77. The smallest absolute Gasteiger partial charge is 0.323 e. The fourth-order valence-corrected chi connectivity index (χ4v) is 5.35. The van der Waals surface area contributed by atoms with Crippen molar-refractivity contribution in [2.75, 3.05) is 19.8 Å². The van der Waals surface area contributed by atoms with Gasteiger partial charge in [-0.05, 0) is 31.5 Å². The van der Waals surface area contributed by atoms with E-state index in [1.807, 2.05) is 37.3 Å². The Morgan fingerprint density at radius 1 is 0.976 bits per heavy atom. The second-order valence-electron chi connectivity index (χ2n) is 10.2. The Balaban J connectivity index is 1.68. The molecule has 0 aliphatic carbocycles. The molecule has 0 amide bonds. The summed E-state index contributed by atoms with van der Waals surface area (Å²) in [6, 6.07) is 10.7. The molecule has 0 radical (unpaired) electrons. The Labute approximate surface area is 241 Å². The Bertz CT molecular complexity index is 1330. The quantitative estimate of drug-likeness (QED) is 0.177. The maximum atomic E-state index is 13.9. The van der Waals surface area contributed by atoms with Crippen molar-refractivity contribution in [2.45, 2.75) is 52.6 Å². The number of benzene rings is 2. The van der Waals surface area contributed by atoms with Crippen molar-refractivity contribution >= 4 is 11.9 Å². The van der Waals surface area contributed by atoms with Gasteiger partial charge in [-0.15, -0.1) is 5.10 Å². The number of carbonyl (C=O) groups excluding carboxylic acids is 2. The van der Waals surface area contributed by atoms with Crippen molar-refractivity contribution in [1.82, 2.24) is 15.0 Å². The van der Waals surface area contributed by atoms with Crippen LogP contribution in [0.2, 0.25) is 0 Å².